The van der Waals surface area contributed by atoms with Crippen LogP contribution in [-0.2, 0) is 4.74 Å². The summed E-state index contributed by atoms with van der Waals surface area (Å²) in [7, 11) is 1.45. The second-order valence-electron chi connectivity index (χ2n) is 11.8. The van der Waals surface area contributed by atoms with Gasteiger partial charge in [0.15, 0.2) is 11.3 Å². The molecule has 14 heteroatoms. The number of carbonyl (C=O) groups excluding carboxylic acids is 2. The van der Waals surface area contributed by atoms with Gasteiger partial charge in [0.25, 0.3) is 11.8 Å². The molecule has 1 saturated heterocycles. The minimum Gasteiger partial charge on any atom is -0.382 e. The monoisotopic (exact) mass is 570 g/mol. The molecule has 0 unspecified atom stereocenters. The van der Waals surface area contributed by atoms with Gasteiger partial charge in [-0.1, -0.05) is 5.16 Å². The van der Waals surface area contributed by atoms with E-state index in [0.717, 1.165) is 43.4 Å². The number of amides is 3. The number of nitrogens with one attached hydrogen (secondary N) is 2. The van der Waals surface area contributed by atoms with E-state index in [2.05, 4.69) is 26.0 Å². The zero-order valence-corrected chi connectivity index (χ0v) is 22.6. The van der Waals surface area contributed by atoms with Crippen LogP contribution in [0.25, 0.3) is 5.65 Å². The fourth-order valence-electron chi connectivity index (χ4n) is 6.15. The van der Waals surface area contributed by atoms with Gasteiger partial charge in [-0.2, -0.15) is 5.10 Å². The number of imidazole rings is 1. The smallest absolute Gasteiger partial charge is 0.318 e. The number of rotatable bonds is 11. The Bertz CT molecular complexity index is 1450. The largest absolute Gasteiger partial charge is 0.382 e. The molecule has 2 atom stereocenters. The van der Waals surface area contributed by atoms with Crippen LogP contribution in [0, 0.1) is 17.8 Å². The molecule has 0 bridgehead atoms. The van der Waals surface area contributed by atoms with Gasteiger partial charge in [-0.05, 0) is 67.5 Å². The second-order valence-corrected chi connectivity index (χ2v) is 11.8. The topological polar surface area (TPSA) is 140 Å². The van der Waals surface area contributed by atoms with E-state index in [1.54, 1.807) is 16.8 Å². The summed E-state index contributed by atoms with van der Waals surface area (Å²) in [5.41, 5.74) is 2.50. The van der Waals surface area contributed by atoms with Crippen molar-refractivity contribution in [2.75, 3.05) is 26.8 Å². The number of urea groups is 1. The van der Waals surface area contributed by atoms with E-state index in [4.69, 9.17) is 14.3 Å². The van der Waals surface area contributed by atoms with E-state index in [1.807, 2.05) is 0 Å². The van der Waals surface area contributed by atoms with Crippen LogP contribution in [0.1, 0.15) is 84.0 Å². The van der Waals surface area contributed by atoms with Crippen LogP contribution < -0.4 is 10.6 Å². The molecular weight excluding hydrogens is 538 g/mol. The van der Waals surface area contributed by atoms with Crippen molar-refractivity contribution in [2.45, 2.75) is 62.4 Å². The average molecular weight is 571 g/mol. The molecule has 41 heavy (non-hydrogen) atoms. The Labute approximate surface area is 234 Å². The maximum atomic E-state index is 14.2. The third-order valence-corrected chi connectivity index (χ3v) is 8.62. The highest BCUT2D eigenvalue weighted by Crippen LogP contribution is 2.54. The summed E-state index contributed by atoms with van der Waals surface area (Å²) in [6.45, 7) is -1.42. The molecule has 0 aromatic carbocycles. The number of nitrogens with zero attached hydrogens (tertiary/aromatic N) is 6. The van der Waals surface area contributed by atoms with Crippen molar-refractivity contribution in [2.24, 2.45) is 17.8 Å². The third kappa shape index (κ3) is 5.24. The molecule has 3 amide bonds. The molecule has 3 aromatic rings. The first kappa shape index (κ1) is 26.2. The molecule has 4 fully saturated rings. The van der Waals surface area contributed by atoms with Gasteiger partial charge in [-0.25, -0.2) is 27.7 Å². The molecule has 4 aliphatic rings. The van der Waals surface area contributed by atoms with Crippen molar-refractivity contribution in [1.82, 2.24) is 40.4 Å². The normalized spacial score (nSPS) is 22.1. The first-order valence-electron chi connectivity index (χ1n) is 14.2. The number of halogens is 2. The Morgan fingerprint density at radius 3 is 2.66 bits per heavy atom. The number of fused-ring (bicyclic) bond motifs is 1. The van der Waals surface area contributed by atoms with Gasteiger partial charge in [-0.3, -0.25) is 4.79 Å². The molecule has 12 nitrogen and oxygen atoms in total. The van der Waals surface area contributed by atoms with Crippen LogP contribution in [-0.4, -0.2) is 74.5 Å². The van der Waals surface area contributed by atoms with Gasteiger partial charge in [0.05, 0.1) is 49.9 Å². The van der Waals surface area contributed by atoms with Crippen molar-refractivity contribution in [3.05, 3.63) is 41.1 Å². The Morgan fingerprint density at radius 2 is 1.98 bits per heavy atom. The summed E-state index contributed by atoms with van der Waals surface area (Å²) in [6, 6.07) is -0.00715. The van der Waals surface area contributed by atoms with Crippen molar-refractivity contribution in [3.63, 3.8) is 0 Å². The minimum atomic E-state index is -3.07. The number of ether oxygens (including phenoxy) is 1. The number of methoxy groups -OCH3 is 1. The molecule has 3 aromatic heterocycles. The van der Waals surface area contributed by atoms with Crippen LogP contribution in [0.4, 0.5) is 13.6 Å². The lowest BCUT2D eigenvalue weighted by atomic mass is 9.87. The van der Waals surface area contributed by atoms with Crippen LogP contribution in [0.3, 0.4) is 0 Å². The van der Waals surface area contributed by atoms with Gasteiger partial charge in [0.1, 0.15) is 5.69 Å². The lowest BCUT2D eigenvalue weighted by molar-refractivity contribution is -0.0509. The van der Waals surface area contributed by atoms with Crippen molar-refractivity contribution in [3.8, 4) is 0 Å². The SMILES string of the molecule is COC[C@H](c1cnn2cc([C@@H](NC(=O)c3nonc3C3CC3)C(C3CC3)C3CC3)nc2c1)N1CC(F)(F)CNC1=O. The van der Waals surface area contributed by atoms with E-state index >= 15 is 0 Å². The number of carbonyl (C=O) groups is 2. The number of alkyl halides is 2. The van der Waals surface area contributed by atoms with E-state index in [1.165, 1.54) is 13.3 Å². The second kappa shape index (κ2) is 10.00. The highest BCUT2D eigenvalue weighted by atomic mass is 19.3. The van der Waals surface area contributed by atoms with Crippen molar-refractivity contribution < 1.29 is 27.7 Å². The van der Waals surface area contributed by atoms with Crippen LogP contribution in [0.5, 0.6) is 0 Å². The quantitative estimate of drug-likeness (QED) is 0.358. The molecule has 3 saturated carbocycles. The Hall–Kier alpha value is -3.68. The Kier molecular flexibility index (Phi) is 6.40. The molecule has 1 aliphatic heterocycles. The summed E-state index contributed by atoms with van der Waals surface area (Å²) >= 11 is 0. The van der Waals surface area contributed by atoms with Gasteiger partial charge < -0.3 is 20.3 Å². The Balaban J connectivity index is 1.21. The maximum Gasteiger partial charge on any atom is 0.318 e. The molecule has 218 valence electrons. The van der Waals surface area contributed by atoms with E-state index in [0.29, 0.717) is 34.4 Å². The molecule has 3 aliphatic carbocycles. The first-order valence-corrected chi connectivity index (χ1v) is 14.2. The summed E-state index contributed by atoms with van der Waals surface area (Å²) in [5, 5.41) is 17.9. The van der Waals surface area contributed by atoms with Gasteiger partial charge in [-0.15, -0.1) is 0 Å². The predicted molar refractivity (Wildman–Crippen MR) is 138 cm³/mol. The fraction of sp³-hybridized carbons (Fsp3) is 0.630. The number of hydrogen-bond acceptors (Lipinski definition) is 8. The lowest BCUT2D eigenvalue weighted by Crippen LogP contribution is -2.58. The molecule has 0 spiro atoms. The molecule has 0 radical (unpaired) electrons. The molecule has 2 N–H and O–H groups in total. The summed E-state index contributed by atoms with van der Waals surface area (Å²) < 4.78 is 40.3. The summed E-state index contributed by atoms with van der Waals surface area (Å²) in [6.07, 6.45) is 9.73. The maximum absolute atomic E-state index is 14.2. The zero-order chi connectivity index (χ0) is 28.3. The van der Waals surface area contributed by atoms with Gasteiger partial charge >= 0.3 is 6.03 Å². The van der Waals surface area contributed by atoms with Crippen molar-refractivity contribution >= 4 is 17.6 Å². The highest BCUT2D eigenvalue weighted by molar-refractivity contribution is 5.93. The van der Waals surface area contributed by atoms with Crippen LogP contribution in [0.15, 0.2) is 23.1 Å². The number of hydrogen-bond donors (Lipinski definition) is 2. The average Bonchev–Trinajstić information content (AvgIpc) is 3.87. The summed E-state index contributed by atoms with van der Waals surface area (Å²) in [4.78, 5) is 32.0. The van der Waals surface area contributed by atoms with Gasteiger partial charge in [0, 0.05) is 18.6 Å². The molecule has 4 heterocycles. The van der Waals surface area contributed by atoms with Gasteiger partial charge in [0.2, 0.25) is 0 Å². The Morgan fingerprint density at radius 1 is 1.22 bits per heavy atom. The standard InChI is InChI=1S/C27H32F2N8O4/c1-40-11-19(36-13-27(28,29)12-30-26(36)39)17-8-20-32-18(10-37(20)31-9-17)23(21(14-2-3-14)15-4-5-15)33-25(38)24-22(16-6-7-16)34-41-35-24/h8-10,14-16,19,21,23H,2-7,11-13H2,1H3,(H,30,39)(H,33,38)/t19-,23-/m1/s1. The van der Waals surface area contributed by atoms with E-state index in [-0.39, 0.29) is 36.1 Å². The zero-order valence-electron chi connectivity index (χ0n) is 22.6. The van der Waals surface area contributed by atoms with E-state index in [9.17, 15) is 18.4 Å². The number of aromatic nitrogens is 5. The van der Waals surface area contributed by atoms with Crippen molar-refractivity contribution in [1.29, 1.82) is 0 Å². The predicted octanol–water partition coefficient (Wildman–Crippen LogP) is 3.25. The first-order chi connectivity index (χ1) is 19.8. The lowest BCUT2D eigenvalue weighted by Gasteiger charge is -2.38. The third-order valence-electron chi connectivity index (χ3n) is 8.62. The van der Waals surface area contributed by atoms with Crippen LogP contribution >= 0.6 is 0 Å². The molecule has 7 rings (SSSR count). The summed E-state index contributed by atoms with van der Waals surface area (Å²) in [5.74, 6) is -1.94. The van der Waals surface area contributed by atoms with E-state index < -0.39 is 31.1 Å². The van der Waals surface area contributed by atoms with Crippen LogP contribution in [0.2, 0.25) is 0 Å². The fourth-order valence-corrected chi connectivity index (χ4v) is 6.15. The minimum absolute atomic E-state index is 0.00803. The highest BCUT2D eigenvalue weighted by Gasteiger charge is 2.48. The molecular formula is C27H32F2N8O4.